The molecule has 21 heavy (non-hydrogen) atoms. The normalized spacial score (nSPS) is 26.2. The van der Waals surface area contributed by atoms with Crippen molar-refractivity contribution in [2.45, 2.75) is 32.7 Å². The molecule has 7 heteroatoms. The van der Waals surface area contributed by atoms with Gasteiger partial charge in [-0.05, 0) is 18.8 Å². The molecule has 1 atom stereocenters. The number of carbonyl (C=O) groups is 1. The predicted molar refractivity (Wildman–Crippen MR) is 83.1 cm³/mol. The largest absolute Gasteiger partial charge is 0.338 e. The third kappa shape index (κ3) is 4.85. The van der Waals surface area contributed by atoms with Crippen molar-refractivity contribution in [3.05, 3.63) is 0 Å². The highest BCUT2D eigenvalue weighted by Gasteiger charge is 2.34. The molecule has 6 nitrogen and oxygen atoms in total. The van der Waals surface area contributed by atoms with Gasteiger partial charge in [-0.25, -0.2) is 13.2 Å². The molecule has 0 aliphatic carbocycles. The maximum atomic E-state index is 12.0. The standard InChI is InChI=1S/C14H27N3O3S/c1-12(2)3-5-15-14(18)17-8-6-16(7-9-17)13-4-10-21(19,20)11-13/h12-13H,3-11H2,1-2H3,(H,15,18). The number of sulfone groups is 1. The van der Waals surface area contributed by atoms with Crippen LogP contribution in [0.2, 0.25) is 0 Å². The predicted octanol–water partition coefficient (Wildman–Crippen LogP) is 0.547. The van der Waals surface area contributed by atoms with Gasteiger partial charge in [0, 0.05) is 38.8 Å². The van der Waals surface area contributed by atoms with Crippen LogP contribution in [-0.2, 0) is 9.84 Å². The third-order valence-electron chi connectivity index (χ3n) is 4.32. The van der Waals surface area contributed by atoms with Crippen LogP contribution in [0.5, 0.6) is 0 Å². The molecule has 1 unspecified atom stereocenters. The first kappa shape index (κ1) is 16.5. The van der Waals surface area contributed by atoms with Gasteiger partial charge in [0.25, 0.3) is 0 Å². The molecule has 0 aromatic carbocycles. The fourth-order valence-corrected chi connectivity index (χ4v) is 4.69. The van der Waals surface area contributed by atoms with E-state index in [1.54, 1.807) is 0 Å². The second-order valence-electron chi connectivity index (χ2n) is 6.49. The SMILES string of the molecule is CC(C)CCNC(=O)N1CCN(C2CCS(=O)(=O)C2)CC1. The van der Waals surface area contributed by atoms with Crippen molar-refractivity contribution < 1.29 is 13.2 Å². The van der Waals surface area contributed by atoms with Gasteiger partial charge in [-0.3, -0.25) is 4.90 Å². The summed E-state index contributed by atoms with van der Waals surface area (Å²) in [6, 6.07) is 0.162. The number of nitrogens with zero attached hydrogens (tertiary/aromatic N) is 2. The Morgan fingerprint density at radius 2 is 1.90 bits per heavy atom. The fraction of sp³-hybridized carbons (Fsp3) is 0.929. The maximum absolute atomic E-state index is 12.0. The summed E-state index contributed by atoms with van der Waals surface area (Å²) in [5.41, 5.74) is 0. The molecule has 1 N–H and O–H groups in total. The summed E-state index contributed by atoms with van der Waals surface area (Å²) in [5.74, 6) is 1.19. The molecule has 0 spiro atoms. The summed E-state index contributed by atoms with van der Waals surface area (Å²) in [6.45, 7) is 7.92. The smallest absolute Gasteiger partial charge is 0.317 e. The van der Waals surface area contributed by atoms with Gasteiger partial charge < -0.3 is 10.2 Å². The van der Waals surface area contributed by atoms with Crippen LogP contribution in [0.15, 0.2) is 0 Å². The van der Waals surface area contributed by atoms with Crippen LogP contribution in [0.3, 0.4) is 0 Å². The molecule has 122 valence electrons. The van der Waals surface area contributed by atoms with Gasteiger partial charge in [0.2, 0.25) is 0 Å². The lowest BCUT2D eigenvalue weighted by Gasteiger charge is -2.37. The molecule has 2 heterocycles. The highest BCUT2D eigenvalue weighted by atomic mass is 32.2. The minimum Gasteiger partial charge on any atom is -0.338 e. The molecule has 2 amide bonds. The van der Waals surface area contributed by atoms with Gasteiger partial charge in [0.05, 0.1) is 11.5 Å². The van der Waals surface area contributed by atoms with Crippen molar-refractivity contribution in [2.24, 2.45) is 5.92 Å². The highest BCUT2D eigenvalue weighted by molar-refractivity contribution is 7.91. The lowest BCUT2D eigenvalue weighted by Crippen LogP contribution is -2.54. The molecular formula is C14H27N3O3S. The summed E-state index contributed by atoms with van der Waals surface area (Å²) >= 11 is 0. The summed E-state index contributed by atoms with van der Waals surface area (Å²) in [4.78, 5) is 16.1. The molecule has 0 aromatic rings. The van der Waals surface area contributed by atoms with Gasteiger partial charge >= 0.3 is 6.03 Å². The van der Waals surface area contributed by atoms with Gasteiger partial charge in [-0.2, -0.15) is 0 Å². The Hall–Kier alpha value is -0.820. The molecule has 2 saturated heterocycles. The van der Waals surface area contributed by atoms with Crippen molar-refractivity contribution in [3.63, 3.8) is 0 Å². The first-order chi connectivity index (χ1) is 9.87. The van der Waals surface area contributed by atoms with Gasteiger partial charge in [0.1, 0.15) is 0 Å². The Bertz CT molecular complexity index is 456. The number of rotatable bonds is 4. The van der Waals surface area contributed by atoms with E-state index >= 15 is 0 Å². The van der Waals surface area contributed by atoms with Crippen molar-refractivity contribution in [1.82, 2.24) is 15.1 Å². The van der Waals surface area contributed by atoms with Crippen molar-refractivity contribution >= 4 is 15.9 Å². The van der Waals surface area contributed by atoms with Crippen LogP contribution in [0.25, 0.3) is 0 Å². The summed E-state index contributed by atoms with van der Waals surface area (Å²) < 4.78 is 23.1. The zero-order valence-corrected chi connectivity index (χ0v) is 13.9. The number of hydrogen-bond donors (Lipinski definition) is 1. The number of hydrogen-bond acceptors (Lipinski definition) is 4. The molecule has 0 saturated carbocycles. The monoisotopic (exact) mass is 317 g/mol. The van der Waals surface area contributed by atoms with E-state index in [1.807, 2.05) is 4.90 Å². The average molecular weight is 317 g/mol. The van der Waals surface area contributed by atoms with Crippen LogP contribution in [-0.4, -0.2) is 74.5 Å². The van der Waals surface area contributed by atoms with Gasteiger partial charge in [-0.15, -0.1) is 0 Å². The quantitative estimate of drug-likeness (QED) is 0.822. The number of piperazine rings is 1. The molecule has 0 bridgehead atoms. The lowest BCUT2D eigenvalue weighted by molar-refractivity contribution is 0.115. The number of carbonyl (C=O) groups excluding carboxylic acids is 1. The van der Waals surface area contributed by atoms with E-state index in [9.17, 15) is 13.2 Å². The molecule has 0 aromatic heterocycles. The molecule has 2 aliphatic heterocycles. The van der Waals surface area contributed by atoms with Crippen molar-refractivity contribution in [2.75, 3.05) is 44.2 Å². The van der Waals surface area contributed by atoms with E-state index in [2.05, 4.69) is 24.1 Å². The van der Waals surface area contributed by atoms with Gasteiger partial charge in [0.15, 0.2) is 9.84 Å². The van der Waals surface area contributed by atoms with Crippen molar-refractivity contribution in [1.29, 1.82) is 0 Å². The number of urea groups is 1. The number of amides is 2. The Kier molecular flexibility index (Phi) is 5.48. The van der Waals surface area contributed by atoms with Crippen LogP contribution < -0.4 is 5.32 Å². The molecular weight excluding hydrogens is 290 g/mol. The van der Waals surface area contributed by atoms with Crippen LogP contribution >= 0.6 is 0 Å². The van der Waals surface area contributed by atoms with E-state index in [4.69, 9.17) is 0 Å². The lowest BCUT2D eigenvalue weighted by atomic mass is 10.1. The zero-order chi connectivity index (χ0) is 15.5. The third-order valence-corrected chi connectivity index (χ3v) is 6.07. The van der Waals surface area contributed by atoms with Crippen LogP contribution in [0.1, 0.15) is 26.7 Å². The topological polar surface area (TPSA) is 69.7 Å². The second kappa shape index (κ2) is 6.96. The molecule has 0 radical (unpaired) electrons. The first-order valence-corrected chi connectivity index (χ1v) is 9.67. The minimum absolute atomic E-state index is 0.00865. The maximum Gasteiger partial charge on any atom is 0.317 e. The first-order valence-electron chi connectivity index (χ1n) is 7.84. The Morgan fingerprint density at radius 3 is 2.43 bits per heavy atom. The number of nitrogens with one attached hydrogen (secondary N) is 1. The van der Waals surface area contributed by atoms with E-state index in [0.717, 1.165) is 32.5 Å². The van der Waals surface area contributed by atoms with E-state index < -0.39 is 9.84 Å². The van der Waals surface area contributed by atoms with E-state index in [0.29, 0.717) is 24.8 Å². The van der Waals surface area contributed by atoms with Crippen LogP contribution in [0, 0.1) is 5.92 Å². The molecule has 2 rings (SSSR count). The Morgan fingerprint density at radius 1 is 1.24 bits per heavy atom. The zero-order valence-electron chi connectivity index (χ0n) is 13.0. The van der Waals surface area contributed by atoms with E-state index in [-0.39, 0.29) is 17.8 Å². The Labute approximate surface area is 127 Å². The van der Waals surface area contributed by atoms with Crippen molar-refractivity contribution in [3.8, 4) is 0 Å². The second-order valence-corrected chi connectivity index (χ2v) is 8.72. The van der Waals surface area contributed by atoms with E-state index in [1.165, 1.54) is 0 Å². The summed E-state index contributed by atoms with van der Waals surface area (Å²) in [6.07, 6.45) is 1.73. The van der Waals surface area contributed by atoms with Crippen LogP contribution in [0.4, 0.5) is 4.79 Å². The highest BCUT2D eigenvalue weighted by Crippen LogP contribution is 2.19. The minimum atomic E-state index is -2.83. The summed E-state index contributed by atoms with van der Waals surface area (Å²) in [7, 11) is -2.83. The molecule has 2 aliphatic rings. The average Bonchev–Trinajstić information content (AvgIpc) is 2.79. The fourth-order valence-electron chi connectivity index (χ4n) is 2.93. The molecule has 2 fully saturated rings. The summed E-state index contributed by atoms with van der Waals surface area (Å²) in [5, 5.41) is 2.95. The Balaban J connectivity index is 1.72. The van der Waals surface area contributed by atoms with Gasteiger partial charge in [-0.1, -0.05) is 13.8 Å².